The lowest BCUT2D eigenvalue weighted by atomic mass is 9.86. The van der Waals surface area contributed by atoms with Gasteiger partial charge in [0.2, 0.25) is 16.9 Å². The molecule has 2 fully saturated rings. The van der Waals surface area contributed by atoms with Crippen LogP contribution in [0.25, 0.3) is 28.9 Å². The van der Waals surface area contributed by atoms with E-state index in [1.54, 1.807) is 18.2 Å². The minimum absolute atomic E-state index is 0. The monoisotopic (exact) mass is 487 g/mol. The molecule has 0 atom stereocenters. The molecule has 2 aliphatic heterocycles. The van der Waals surface area contributed by atoms with E-state index in [1.165, 1.54) is 33.4 Å². The lowest BCUT2D eigenvalue weighted by molar-refractivity contribution is 0.0453. The maximum Gasteiger partial charge on any atom is 0.353 e. The van der Waals surface area contributed by atoms with Crippen LogP contribution in [-0.2, 0) is 9.78 Å². The van der Waals surface area contributed by atoms with Crippen LogP contribution in [0.1, 0.15) is 45.5 Å². The summed E-state index contributed by atoms with van der Waals surface area (Å²) in [6.45, 7) is 1.32. The average Bonchev–Trinajstić information content (AvgIpc) is 3.68. The molecule has 1 aromatic heterocycles. The van der Waals surface area contributed by atoms with Crippen molar-refractivity contribution in [3.63, 3.8) is 0 Å². The minimum Gasteiger partial charge on any atom is -0.286 e. The Morgan fingerprint density at radius 1 is 0.771 bits per heavy atom. The maximum absolute atomic E-state index is 13.3. The number of nitrogens with zero attached hydrogens (tertiary/aromatic N) is 1. The first-order valence-electron chi connectivity index (χ1n) is 11.5. The van der Waals surface area contributed by atoms with Crippen LogP contribution in [0.3, 0.4) is 0 Å². The van der Waals surface area contributed by atoms with Gasteiger partial charge in [0, 0.05) is 24.7 Å². The molecule has 7 heteroatoms. The smallest absolute Gasteiger partial charge is 0.286 e. The normalized spacial score (nSPS) is 18.5. The van der Waals surface area contributed by atoms with Crippen molar-refractivity contribution in [1.29, 1.82) is 0 Å². The second-order valence-electron chi connectivity index (χ2n) is 8.88. The van der Waals surface area contributed by atoms with Gasteiger partial charge < -0.3 is 0 Å². The number of rotatable bonds is 3. The molecule has 7 rings (SSSR count). The molecular weight excluding hydrogens is 466 g/mol. The fourth-order valence-electron chi connectivity index (χ4n) is 5.15. The number of benzene rings is 3. The van der Waals surface area contributed by atoms with Gasteiger partial charge in [-0.25, -0.2) is 4.90 Å². The summed E-state index contributed by atoms with van der Waals surface area (Å²) in [6, 6.07) is 22.2. The van der Waals surface area contributed by atoms with Gasteiger partial charge in [-0.3, -0.25) is 13.9 Å². The van der Waals surface area contributed by atoms with Crippen LogP contribution in [0, 0.1) is 0 Å². The van der Waals surface area contributed by atoms with Crippen LogP contribution in [0.2, 0.25) is 0 Å². The Hall–Kier alpha value is -3.42. The first-order valence-corrected chi connectivity index (χ1v) is 11.5. The van der Waals surface area contributed by atoms with Crippen LogP contribution in [0.4, 0.5) is 0 Å². The van der Waals surface area contributed by atoms with Crippen molar-refractivity contribution in [2.45, 2.75) is 18.8 Å². The van der Waals surface area contributed by atoms with Crippen molar-refractivity contribution < 1.29 is 23.7 Å². The van der Waals surface area contributed by atoms with Crippen LogP contribution < -0.4 is 0 Å². The van der Waals surface area contributed by atoms with Gasteiger partial charge in [0.05, 0.1) is 0 Å². The number of hydrogen-bond acceptors (Lipinski definition) is 6. The molecule has 4 aromatic rings. The van der Waals surface area contributed by atoms with E-state index >= 15 is 0 Å². The molecular formula is C28H22ClNO5. The van der Waals surface area contributed by atoms with Crippen molar-refractivity contribution in [2.75, 3.05) is 13.1 Å². The van der Waals surface area contributed by atoms with Crippen molar-refractivity contribution in [2.24, 2.45) is 0 Å². The molecule has 0 bridgehead atoms. The summed E-state index contributed by atoms with van der Waals surface area (Å²) in [6.07, 6.45) is 6.03. The van der Waals surface area contributed by atoms with Gasteiger partial charge in [-0.1, -0.05) is 66.3 Å². The number of hydrogen-bond donors (Lipinski definition) is 0. The van der Waals surface area contributed by atoms with Crippen molar-refractivity contribution in [3.05, 3.63) is 100 Å². The quantitative estimate of drug-likeness (QED) is 0.168. The molecule has 0 saturated carbocycles. The largest absolute Gasteiger partial charge is 0.353 e. The molecule has 0 unspecified atom stereocenters. The summed E-state index contributed by atoms with van der Waals surface area (Å²) < 4.78 is 9.80. The minimum atomic E-state index is -1.35. The summed E-state index contributed by atoms with van der Waals surface area (Å²) in [5.74, 6) is -1.58. The molecule has 176 valence electrons. The molecule has 6 nitrogen and oxygen atoms in total. The second kappa shape index (κ2) is 8.36. The fourth-order valence-corrected chi connectivity index (χ4v) is 5.15. The molecule has 0 amide bonds. The van der Waals surface area contributed by atoms with E-state index in [4.69, 9.17) is 18.9 Å². The van der Waals surface area contributed by atoms with Gasteiger partial charge in [0.25, 0.3) is 0 Å². The van der Waals surface area contributed by atoms with Crippen LogP contribution >= 0.6 is 12.4 Å². The van der Waals surface area contributed by atoms with Gasteiger partial charge in [-0.15, -0.1) is 12.4 Å². The summed E-state index contributed by atoms with van der Waals surface area (Å²) >= 11 is 0. The summed E-state index contributed by atoms with van der Waals surface area (Å²) in [4.78, 5) is 25.9. The summed E-state index contributed by atoms with van der Waals surface area (Å²) in [7, 11) is 0. The Bertz CT molecular complexity index is 1440. The highest BCUT2D eigenvalue weighted by atomic mass is 35.5. The molecule has 3 aliphatic rings. The molecule has 0 radical (unpaired) electrons. The van der Waals surface area contributed by atoms with Gasteiger partial charge in [-0.05, 0) is 52.8 Å². The summed E-state index contributed by atoms with van der Waals surface area (Å²) in [5, 5.41) is 0. The predicted molar refractivity (Wildman–Crippen MR) is 134 cm³/mol. The third-order valence-corrected chi connectivity index (χ3v) is 6.99. The van der Waals surface area contributed by atoms with E-state index in [-0.39, 0.29) is 18.2 Å². The Balaban J connectivity index is 0.00000229. The number of carbonyl (C=O) groups is 1. The molecule has 2 saturated heterocycles. The van der Waals surface area contributed by atoms with Crippen LogP contribution in [-0.4, -0.2) is 29.7 Å². The number of piperidine rings is 1. The fraction of sp³-hybridized carbons (Fsp3) is 0.179. The van der Waals surface area contributed by atoms with E-state index < -0.39 is 5.91 Å². The molecule has 3 heterocycles. The average molecular weight is 488 g/mol. The maximum atomic E-state index is 13.3. The van der Waals surface area contributed by atoms with E-state index in [0.717, 1.165) is 12.8 Å². The number of halogens is 1. The van der Waals surface area contributed by atoms with Crippen molar-refractivity contribution >= 4 is 47.1 Å². The van der Waals surface area contributed by atoms with Crippen LogP contribution in [0.5, 0.6) is 0 Å². The third kappa shape index (κ3) is 3.49. The lowest BCUT2D eigenvalue weighted by Crippen LogP contribution is -2.47. The van der Waals surface area contributed by atoms with Crippen molar-refractivity contribution in [1.82, 2.24) is 4.90 Å². The number of carbonyl (C=O) groups excluding carboxylic acids is 1. The molecule has 0 spiro atoms. The van der Waals surface area contributed by atoms with Gasteiger partial charge in [0.1, 0.15) is 0 Å². The van der Waals surface area contributed by atoms with Gasteiger partial charge in [-0.2, -0.15) is 9.78 Å². The van der Waals surface area contributed by atoms with Crippen molar-refractivity contribution in [3.8, 4) is 0 Å². The van der Waals surface area contributed by atoms with E-state index in [9.17, 15) is 4.79 Å². The number of ketones is 1. The third-order valence-electron chi connectivity index (χ3n) is 6.99. The zero-order valence-corrected chi connectivity index (χ0v) is 19.5. The Kier molecular flexibility index (Phi) is 5.27. The molecule has 1 aliphatic carbocycles. The summed E-state index contributed by atoms with van der Waals surface area (Å²) in [5.41, 5.74) is 9.27. The Morgan fingerprint density at radius 3 is 1.91 bits per heavy atom. The van der Waals surface area contributed by atoms with Gasteiger partial charge >= 0.3 is 5.91 Å². The first kappa shape index (κ1) is 22.1. The van der Waals surface area contributed by atoms with Gasteiger partial charge in [0.15, 0.2) is 0 Å². The second-order valence-corrected chi connectivity index (χ2v) is 8.88. The lowest BCUT2D eigenvalue weighted by Gasteiger charge is -2.31. The standard InChI is InChI=1S/C28H21NO5.ClH/c30-27(21-11-12-24-25(17-21)32-31-24)28(33-34-28)29-15-13-20(14-16-29)26-22-7-3-1-5-18(22)9-10-19-6-2-4-8-23(19)26;/h1-12,17H,13-16H2;1H. The molecule has 0 N–H and O–H groups in total. The first-order chi connectivity index (χ1) is 16.7. The molecule has 35 heavy (non-hydrogen) atoms. The van der Waals surface area contributed by atoms with E-state index in [1.807, 2.05) is 4.90 Å². The van der Waals surface area contributed by atoms with E-state index in [2.05, 4.69) is 60.7 Å². The van der Waals surface area contributed by atoms with Crippen LogP contribution in [0.15, 0.2) is 81.5 Å². The highest BCUT2D eigenvalue weighted by Gasteiger charge is 2.62. The molecule has 3 aromatic carbocycles. The Labute approximate surface area is 207 Å². The topological polar surface area (TPSA) is 71.7 Å². The zero-order valence-electron chi connectivity index (χ0n) is 18.7. The SMILES string of the molecule is Cl.O=C(c1ccc2ooc2c1)C1(N2CCC(=C3c4ccccc4C=Cc4ccccc43)CC2)OO1. The predicted octanol–water partition coefficient (Wildman–Crippen LogP) is 6.33. The van der Waals surface area contributed by atoms with E-state index in [0.29, 0.717) is 29.8 Å². The number of Topliss-reactive ketones (excluding diaryl/α,β-unsaturated/α-hetero) is 1. The number of fused-ring (bicyclic) bond motifs is 3. The Morgan fingerprint density at radius 2 is 1.37 bits per heavy atom. The zero-order chi connectivity index (χ0) is 22.7. The highest BCUT2D eigenvalue weighted by Crippen LogP contribution is 2.43. The highest BCUT2D eigenvalue weighted by molar-refractivity contribution is 6.03. The number of likely N-dealkylation sites (tertiary alicyclic amines) is 1.